The summed E-state index contributed by atoms with van der Waals surface area (Å²) in [6.45, 7) is 4.59. The monoisotopic (exact) mass is 338 g/mol. The molecule has 0 radical (unpaired) electrons. The molecule has 0 spiro atoms. The third kappa shape index (κ3) is 3.45. The van der Waals surface area contributed by atoms with Crippen LogP contribution in [0.15, 0.2) is 24.3 Å². The van der Waals surface area contributed by atoms with Crippen molar-refractivity contribution in [3.63, 3.8) is 0 Å². The molecule has 0 amide bonds. The fourth-order valence-corrected chi connectivity index (χ4v) is 5.31. The Balaban J connectivity index is 1.71. The van der Waals surface area contributed by atoms with Crippen molar-refractivity contribution in [3.05, 3.63) is 35.4 Å². The summed E-state index contributed by atoms with van der Waals surface area (Å²) in [5, 5.41) is 0. The van der Waals surface area contributed by atoms with Gasteiger partial charge in [-0.1, -0.05) is 24.3 Å². The van der Waals surface area contributed by atoms with Crippen LogP contribution >= 0.6 is 0 Å². The zero-order valence-electron chi connectivity index (χ0n) is 13.9. The summed E-state index contributed by atoms with van der Waals surface area (Å²) in [6, 6.07) is 8.35. The normalized spacial score (nSPS) is 24.4. The second-order valence-electron chi connectivity index (χ2n) is 6.57. The number of aryl methyl sites for hydroxylation is 1. The molecule has 0 N–H and O–H groups in total. The lowest BCUT2D eigenvalue weighted by Crippen LogP contribution is -2.47. The molecule has 0 unspecified atom stereocenters. The molecule has 1 aromatic rings. The van der Waals surface area contributed by atoms with Crippen LogP contribution in [0.25, 0.3) is 0 Å². The van der Waals surface area contributed by atoms with Gasteiger partial charge in [0.15, 0.2) is 0 Å². The van der Waals surface area contributed by atoms with Crippen LogP contribution in [0, 0.1) is 6.92 Å². The number of rotatable bonds is 4. The number of ether oxygens (including phenoxy) is 1. The zero-order chi connectivity index (χ0) is 16.4. The molecule has 0 aromatic heterocycles. The minimum Gasteiger partial charge on any atom is -0.381 e. The molecule has 2 saturated heterocycles. The number of nitrogens with zero attached hydrogens (tertiary/aromatic N) is 2. The van der Waals surface area contributed by atoms with E-state index in [-0.39, 0.29) is 6.04 Å². The largest absolute Gasteiger partial charge is 0.381 e. The van der Waals surface area contributed by atoms with Gasteiger partial charge in [0.25, 0.3) is 10.2 Å². The minimum absolute atomic E-state index is 0.0614. The molecule has 0 bridgehead atoms. The Morgan fingerprint density at radius 3 is 2.57 bits per heavy atom. The SMILES string of the molecule is Cc1ccccc1[C@@H]1CCN(S(=O)(=O)N(C)C2CCOCC2)C1. The fourth-order valence-electron chi connectivity index (χ4n) is 3.66. The molecular formula is C17H26N2O3S. The summed E-state index contributed by atoms with van der Waals surface area (Å²) < 4.78 is 34.4. The Kier molecular flexibility index (Phi) is 5.06. The van der Waals surface area contributed by atoms with Gasteiger partial charge < -0.3 is 4.74 Å². The van der Waals surface area contributed by atoms with Crippen molar-refractivity contribution in [2.45, 2.75) is 38.1 Å². The highest BCUT2D eigenvalue weighted by Crippen LogP contribution is 2.32. The van der Waals surface area contributed by atoms with Gasteiger partial charge in [0.1, 0.15) is 0 Å². The summed E-state index contributed by atoms with van der Waals surface area (Å²) >= 11 is 0. The first-order valence-corrected chi connectivity index (χ1v) is 9.76. The van der Waals surface area contributed by atoms with E-state index in [1.54, 1.807) is 15.7 Å². The molecule has 1 atom stereocenters. The van der Waals surface area contributed by atoms with Crippen molar-refractivity contribution in [1.29, 1.82) is 0 Å². The van der Waals surface area contributed by atoms with E-state index >= 15 is 0 Å². The van der Waals surface area contributed by atoms with Gasteiger partial charge >= 0.3 is 0 Å². The van der Waals surface area contributed by atoms with Crippen LogP contribution in [0.5, 0.6) is 0 Å². The van der Waals surface area contributed by atoms with E-state index in [9.17, 15) is 8.42 Å². The maximum Gasteiger partial charge on any atom is 0.281 e. The van der Waals surface area contributed by atoms with Crippen LogP contribution in [-0.4, -0.2) is 56.4 Å². The Hall–Kier alpha value is -0.950. The third-order valence-corrected chi connectivity index (χ3v) is 7.18. The molecule has 3 rings (SSSR count). The van der Waals surface area contributed by atoms with Gasteiger partial charge in [-0.25, -0.2) is 0 Å². The molecule has 2 fully saturated rings. The van der Waals surface area contributed by atoms with E-state index in [1.807, 2.05) is 12.1 Å². The molecule has 128 valence electrons. The van der Waals surface area contributed by atoms with Crippen LogP contribution in [0.3, 0.4) is 0 Å². The van der Waals surface area contributed by atoms with E-state index in [0.29, 0.717) is 32.2 Å². The lowest BCUT2D eigenvalue weighted by Gasteiger charge is -2.33. The summed E-state index contributed by atoms with van der Waals surface area (Å²) in [4.78, 5) is 0. The number of hydrogen-bond acceptors (Lipinski definition) is 3. The van der Waals surface area contributed by atoms with Gasteiger partial charge in [-0.2, -0.15) is 17.0 Å². The lowest BCUT2D eigenvalue weighted by atomic mass is 9.94. The van der Waals surface area contributed by atoms with Gasteiger partial charge in [-0.05, 0) is 43.2 Å². The van der Waals surface area contributed by atoms with Gasteiger partial charge in [0, 0.05) is 39.4 Å². The van der Waals surface area contributed by atoms with E-state index in [4.69, 9.17) is 4.74 Å². The van der Waals surface area contributed by atoms with E-state index in [2.05, 4.69) is 19.1 Å². The molecule has 1 aromatic carbocycles. The maximum atomic E-state index is 12.9. The molecule has 0 saturated carbocycles. The highest BCUT2D eigenvalue weighted by atomic mass is 32.2. The topological polar surface area (TPSA) is 49.9 Å². The quantitative estimate of drug-likeness (QED) is 0.845. The molecule has 0 aliphatic carbocycles. The first-order chi connectivity index (χ1) is 11.0. The summed E-state index contributed by atoms with van der Waals surface area (Å²) in [6.07, 6.45) is 2.46. The summed E-state index contributed by atoms with van der Waals surface area (Å²) in [7, 11) is -1.67. The van der Waals surface area contributed by atoms with Crippen LogP contribution < -0.4 is 0 Å². The second kappa shape index (κ2) is 6.89. The minimum atomic E-state index is -3.38. The Labute approximate surface area is 139 Å². The number of hydrogen-bond donors (Lipinski definition) is 0. The average molecular weight is 338 g/mol. The van der Waals surface area contributed by atoms with Crippen molar-refractivity contribution in [2.24, 2.45) is 0 Å². The smallest absolute Gasteiger partial charge is 0.281 e. The van der Waals surface area contributed by atoms with Gasteiger partial charge in [-0.15, -0.1) is 0 Å². The molecule has 6 heteroatoms. The van der Waals surface area contributed by atoms with Crippen molar-refractivity contribution in [1.82, 2.24) is 8.61 Å². The maximum absolute atomic E-state index is 12.9. The average Bonchev–Trinajstić information content (AvgIpc) is 3.06. The second-order valence-corrected chi connectivity index (χ2v) is 8.56. The predicted molar refractivity (Wildman–Crippen MR) is 90.6 cm³/mol. The summed E-state index contributed by atoms with van der Waals surface area (Å²) in [5.74, 6) is 0.300. The van der Waals surface area contributed by atoms with Crippen molar-refractivity contribution < 1.29 is 13.2 Å². The standard InChI is InChI=1S/C17H26N2O3S/c1-14-5-3-4-6-17(14)15-7-10-19(13-15)23(20,21)18(2)16-8-11-22-12-9-16/h3-6,15-16H,7-13H2,1-2H3/t15-/m1/s1. The van der Waals surface area contributed by atoms with Crippen LogP contribution in [0.4, 0.5) is 0 Å². The molecule has 2 heterocycles. The molecular weight excluding hydrogens is 312 g/mol. The van der Waals surface area contributed by atoms with Crippen molar-refractivity contribution >= 4 is 10.2 Å². The molecule has 2 aliphatic rings. The highest BCUT2D eigenvalue weighted by molar-refractivity contribution is 7.86. The van der Waals surface area contributed by atoms with E-state index in [1.165, 1.54) is 11.1 Å². The summed E-state index contributed by atoms with van der Waals surface area (Å²) in [5.41, 5.74) is 2.52. The van der Waals surface area contributed by atoms with Gasteiger partial charge in [0.05, 0.1) is 0 Å². The first kappa shape index (κ1) is 16.9. The third-order valence-electron chi connectivity index (χ3n) is 5.17. The highest BCUT2D eigenvalue weighted by Gasteiger charge is 2.37. The number of benzene rings is 1. The van der Waals surface area contributed by atoms with Gasteiger partial charge in [0.2, 0.25) is 0 Å². The van der Waals surface area contributed by atoms with E-state index < -0.39 is 10.2 Å². The fraction of sp³-hybridized carbons (Fsp3) is 0.647. The first-order valence-electron chi connectivity index (χ1n) is 8.36. The lowest BCUT2D eigenvalue weighted by molar-refractivity contribution is 0.0620. The van der Waals surface area contributed by atoms with Crippen LogP contribution in [0.1, 0.15) is 36.3 Å². The Bertz CT molecular complexity index is 641. The predicted octanol–water partition coefficient (Wildman–Crippen LogP) is 2.14. The van der Waals surface area contributed by atoms with Crippen LogP contribution in [0.2, 0.25) is 0 Å². The van der Waals surface area contributed by atoms with Crippen LogP contribution in [-0.2, 0) is 14.9 Å². The van der Waals surface area contributed by atoms with Crippen molar-refractivity contribution in [3.8, 4) is 0 Å². The van der Waals surface area contributed by atoms with Gasteiger partial charge in [-0.3, -0.25) is 0 Å². The molecule has 2 aliphatic heterocycles. The Morgan fingerprint density at radius 2 is 1.87 bits per heavy atom. The molecule has 5 nitrogen and oxygen atoms in total. The van der Waals surface area contributed by atoms with E-state index in [0.717, 1.165) is 19.3 Å². The van der Waals surface area contributed by atoms with Crippen molar-refractivity contribution in [2.75, 3.05) is 33.4 Å². The zero-order valence-corrected chi connectivity index (χ0v) is 14.8. The Morgan fingerprint density at radius 1 is 1.17 bits per heavy atom. The molecule has 23 heavy (non-hydrogen) atoms.